The minimum Gasteiger partial charge on any atom is -0.260 e. The van der Waals surface area contributed by atoms with Crippen molar-refractivity contribution in [1.82, 2.24) is 0 Å². The van der Waals surface area contributed by atoms with Crippen LogP contribution in [0.25, 0.3) is 12.2 Å². The summed E-state index contributed by atoms with van der Waals surface area (Å²) in [6.45, 7) is 0. The summed E-state index contributed by atoms with van der Waals surface area (Å²) in [4.78, 5) is 4.17. The Morgan fingerprint density at radius 2 is 1.78 bits per heavy atom. The molecule has 2 aromatic carbocycles. The Balaban J connectivity index is 0.000000149. The maximum atomic E-state index is 4.17. The number of rotatable bonds is 0. The lowest BCUT2D eigenvalue weighted by Crippen LogP contribution is -2.19. The monoisotopic (exact) mass is 349 g/mol. The van der Waals surface area contributed by atoms with Crippen LogP contribution >= 0.6 is 0 Å². The van der Waals surface area contributed by atoms with E-state index in [9.17, 15) is 0 Å². The molecule has 0 saturated carbocycles. The molecule has 0 fully saturated rings. The van der Waals surface area contributed by atoms with Gasteiger partial charge >= 0.3 is 0 Å². The molecule has 0 amide bonds. The fraction of sp³-hybridized carbons (Fsp3) is 0.192. The Morgan fingerprint density at radius 1 is 0.815 bits per heavy atom. The second-order valence-electron chi connectivity index (χ2n) is 7.40. The second kappa shape index (κ2) is 7.00. The fourth-order valence-electron chi connectivity index (χ4n) is 4.40. The molecule has 1 heterocycles. The maximum Gasteiger partial charge on any atom is 0.0514 e. The summed E-state index contributed by atoms with van der Waals surface area (Å²) in [7, 11) is 0. The summed E-state index contributed by atoms with van der Waals surface area (Å²) in [6.07, 6.45) is 20.9. The molecule has 0 N–H and O–H groups in total. The van der Waals surface area contributed by atoms with E-state index in [1.807, 2.05) is 12.3 Å². The summed E-state index contributed by atoms with van der Waals surface area (Å²) in [6, 6.07) is 13.4. The number of hydrogen-bond acceptors (Lipinski definition) is 1. The molecule has 0 unspecified atom stereocenters. The zero-order valence-electron chi connectivity index (χ0n) is 15.5. The molecule has 132 valence electrons. The van der Waals surface area contributed by atoms with E-state index in [1.54, 1.807) is 11.1 Å². The molecule has 2 aromatic rings. The van der Waals surface area contributed by atoms with Crippen LogP contribution in [0.2, 0.25) is 0 Å². The van der Waals surface area contributed by atoms with Crippen molar-refractivity contribution < 1.29 is 0 Å². The average molecular weight is 349 g/mol. The maximum absolute atomic E-state index is 4.17. The molecule has 0 spiro atoms. The van der Waals surface area contributed by atoms with Gasteiger partial charge in [0, 0.05) is 12.6 Å². The molecule has 3 aliphatic carbocycles. The Kier molecular flexibility index (Phi) is 4.21. The molecule has 0 atom stereocenters. The second-order valence-corrected chi connectivity index (χ2v) is 7.40. The highest BCUT2D eigenvalue weighted by atomic mass is 14.7. The van der Waals surface area contributed by atoms with Crippen LogP contribution in [0.1, 0.15) is 30.4 Å². The van der Waals surface area contributed by atoms with Crippen molar-refractivity contribution in [2.75, 3.05) is 0 Å². The van der Waals surface area contributed by atoms with Gasteiger partial charge in [-0.1, -0.05) is 66.8 Å². The van der Waals surface area contributed by atoms with Gasteiger partial charge in [0.05, 0.1) is 5.71 Å². The van der Waals surface area contributed by atoms with Gasteiger partial charge in [-0.25, -0.2) is 0 Å². The van der Waals surface area contributed by atoms with Crippen molar-refractivity contribution in [1.29, 1.82) is 0 Å². The van der Waals surface area contributed by atoms with Crippen LogP contribution in [0.4, 0.5) is 0 Å². The Morgan fingerprint density at radius 3 is 2.74 bits per heavy atom. The van der Waals surface area contributed by atoms with Crippen molar-refractivity contribution in [3.63, 3.8) is 0 Å². The lowest BCUT2D eigenvalue weighted by atomic mass is 9.89. The Labute approximate surface area is 159 Å². The van der Waals surface area contributed by atoms with Gasteiger partial charge in [0.2, 0.25) is 0 Å². The molecular weight excluding hydrogens is 326 g/mol. The summed E-state index contributed by atoms with van der Waals surface area (Å²) < 4.78 is 0. The van der Waals surface area contributed by atoms with Gasteiger partial charge in [-0.2, -0.15) is 0 Å². The minimum atomic E-state index is 0.999. The molecule has 1 heteroatoms. The van der Waals surface area contributed by atoms with Crippen LogP contribution in [-0.4, -0.2) is 5.71 Å². The van der Waals surface area contributed by atoms with E-state index in [2.05, 4.69) is 71.8 Å². The predicted molar refractivity (Wildman–Crippen MR) is 114 cm³/mol. The van der Waals surface area contributed by atoms with Crippen molar-refractivity contribution in [2.45, 2.75) is 32.1 Å². The van der Waals surface area contributed by atoms with E-state index in [-0.39, 0.29) is 0 Å². The number of nitrogens with zero attached hydrogens (tertiary/aromatic N) is 1. The molecule has 6 rings (SSSR count). The third-order valence-corrected chi connectivity index (χ3v) is 5.78. The zero-order chi connectivity index (χ0) is 18.1. The van der Waals surface area contributed by atoms with Gasteiger partial charge in [-0.3, -0.25) is 4.99 Å². The Hall–Kier alpha value is -2.93. The van der Waals surface area contributed by atoms with Crippen molar-refractivity contribution in [3.05, 3.63) is 104 Å². The standard InChI is InChI=1S/C18H16.C8H7N/c1-3-7-15-13(5-1)9-11-18-16-8-4-2-6-14(16)10-12-17(15)18;1-2-4-8-7(3-1)5-6-9-8/h1,3,5-7,9-10,12H,2,4,8,11H2;1-3,5-6H,4H2. The molecule has 0 saturated heterocycles. The largest absolute Gasteiger partial charge is 0.260 e. The highest BCUT2D eigenvalue weighted by molar-refractivity contribution is 6.06. The van der Waals surface area contributed by atoms with Gasteiger partial charge in [0.15, 0.2) is 0 Å². The number of hydrogen-bond donors (Lipinski definition) is 0. The minimum absolute atomic E-state index is 0.999. The molecular formula is C26H23N. The zero-order valence-corrected chi connectivity index (χ0v) is 15.5. The van der Waals surface area contributed by atoms with E-state index in [1.165, 1.54) is 51.4 Å². The number of fused-ring (bicyclic) bond motifs is 5. The molecule has 0 bridgehead atoms. The fourth-order valence-corrected chi connectivity index (χ4v) is 4.40. The smallest absolute Gasteiger partial charge is 0.0514 e. The van der Waals surface area contributed by atoms with Gasteiger partial charge < -0.3 is 0 Å². The van der Waals surface area contributed by atoms with Gasteiger partial charge in [0.25, 0.3) is 0 Å². The number of aliphatic imine (C=N–C) groups is 1. The quantitative estimate of drug-likeness (QED) is 0.674. The van der Waals surface area contributed by atoms with Gasteiger partial charge in [-0.15, -0.1) is 0 Å². The number of benzene rings is 2. The van der Waals surface area contributed by atoms with Crippen LogP contribution in [0.5, 0.6) is 0 Å². The first-order valence-electron chi connectivity index (χ1n) is 9.91. The normalized spacial score (nSPS) is 17.6. The first kappa shape index (κ1) is 16.3. The van der Waals surface area contributed by atoms with Crippen molar-refractivity contribution in [3.8, 4) is 0 Å². The third kappa shape index (κ3) is 3.04. The van der Waals surface area contributed by atoms with Crippen LogP contribution in [-0.2, 0) is 12.8 Å². The highest BCUT2D eigenvalue weighted by Gasteiger charge is 2.11. The summed E-state index contributed by atoms with van der Waals surface area (Å²) in [5.41, 5.74) is 5.65. The van der Waals surface area contributed by atoms with Crippen molar-refractivity contribution in [2.24, 2.45) is 4.99 Å². The average Bonchev–Trinajstić information content (AvgIpc) is 3.23. The first-order valence-corrected chi connectivity index (χ1v) is 9.91. The summed E-state index contributed by atoms with van der Waals surface area (Å²) >= 11 is 0. The van der Waals surface area contributed by atoms with Crippen LogP contribution in [0.3, 0.4) is 0 Å². The molecule has 1 aliphatic heterocycles. The Bertz CT molecular complexity index is 1240. The van der Waals surface area contributed by atoms with Gasteiger partial charge in [-0.05, 0) is 69.3 Å². The summed E-state index contributed by atoms with van der Waals surface area (Å²) in [5, 5.41) is 5.74. The summed E-state index contributed by atoms with van der Waals surface area (Å²) in [5.74, 6) is 0. The number of allylic oxidation sites excluding steroid dienone is 5. The first-order chi connectivity index (χ1) is 13.4. The van der Waals surface area contributed by atoms with Crippen LogP contribution < -0.4 is 10.4 Å². The van der Waals surface area contributed by atoms with E-state index in [4.69, 9.17) is 0 Å². The molecule has 1 nitrogen and oxygen atoms in total. The van der Waals surface area contributed by atoms with E-state index < -0.39 is 0 Å². The van der Waals surface area contributed by atoms with Crippen LogP contribution in [0.15, 0.2) is 77.5 Å². The lowest BCUT2D eigenvalue weighted by Gasteiger charge is -2.16. The highest BCUT2D eigenvalue weighted by Crippen LogP contribution is 2.17. The topological polar surface area (TPSA) is 12.4 Å². The predicted octanol–water partition coefficient (Wildman–Crippen LogP) is 4.27. The molecule has 0 aromatic heterocycles. The van der Waals surface area contributed by atoms with E-state index >= 15 is 0 Å². The lowest BCUT2D eigenvalue weighted by molar-refractivity contribution is 0.824. The van der Waals surface area contributed by atoms with E-state index in [0.717, 1.165) is 12.8 Å². The molecule has 27 heavy (non-hydrogen) atoms. The van der Waals surface area contributed by atoms with Gasteiger partial charge in [0.1, 0.15) is 0 Å². The van der Waals surface area contributed by atoms with Crippen LogP contribution in [0, 0.1) is 10.4 Å². The molecule has 4 aliphatic rings. The SMILES string of the molecule is C1=CCC2=NC=CC2=C1.C1=c2ccc3c(c2CCC1)CC=c1ccccc1=3. The third-order valence-electron chi connectivity index (χ3n) is 5.78. The molecule has 0 radical (unpaired) electrons. The van der Waals surface area contributed by atoms with E-state index in [0.29, 0.717) is 0 Å². The van der Waals surface area contributed by atoms with Crippen molar-refractivity contribution >= 4 is 17.9 Å².